The molecule has 1 aliphatic rings. The van der Waals surface area contributed by atoms with Gasteiger partial charge in [0.1, 0.15) is 19.3 Å². The highest BCUT2D eigenvalue weighted by Gasteiger charge is 2.25. The number of ether oxygens (including phenoxy) is 2. The number of rotatable bonds is 5. The number of likely N-dealkylation sites (N-methyl/N-ethyl adjacent to an activating group) is 2. The molecule has 0 spiro atoms. The Balaban J connectivity index is 1.87. The molecule has 1 aliphatic heterocycles. The average molecular weight is 440 g/mol. The zero-order chi connectivity index (χ0) is 18.7. The predicted molar refractivity (Wildman–Crippen MR) is 105 cm³/mol. The summed E-state index contributed by atoms with van der Waals surface area (Å²) in [6.07, 6.45) is 0. The van der Waals surface area contributed by atoms with E-state index >= 15 is 0 Å². The molecule has 7 heteroatoms. The molecule has 0 radical (unpaired) electrons. The van der Waals surface area contributed by atoms with Crippen LogP contribution in [-0.2, 0) is 11.3 Å². The first-order valence-corrected chi connectivity index (χ1v) is 9.42. The highest BCUT2D eigenvalue weighted by atomic mass is 79.9. The third-order valence-electron chi connectivity index (χ3n) is 4.25. The van der Waals surface area contributed by atoms with Crippen molar-refractivity contribution in [3.63, 3.8) is 0 Å². The molecular formula is C19H20BrClN2O3. The Morgan fingerprint density at radius 2 is 1.85 bits per heavy atom. The van der Waals surface area contributed by atoms with E-state index < -0.39 is 6.04 Å². The van der Waals surface area contributed by atoms with E-state index in [4.69, 9.17) is 21.1 Å². The number of hydrogen-bond acceptors (Lipinski definition) is 4. The molecular weight excluding hydrogens is 420 g/mol. The number of carbonyl (C=O) groups is 1. The maximum atomic E-state index is 12.5. The van der Waals surface area contributed by atoms with Gasteiger partial charge in [-0.2, -0.15) is 0 Å². The van der Waals surface area contributed by atoms with Crippen molar-refractivity contribution >= 4 is 33.4 Å². The van der Waals surface area contributed by atoms with Gasteiger partial charge in [-0.3, -0.25) is 9.69 Å². The molecule has 0 bridgehead atoms. The van der Waals surface area contributed by atoms with Crippen LogP contribution in [0.3, 0.4) is 0 Å². The second-order valence-electron chi connectivity index (χ2n) is 6.07. The van der Waals surface area contributed by atoms with E-state index in [-0.39, 0.29) is 5.91 Å². The van der Waals surface area contributed by atoms with Crippen molar-refractivity contribution in [3.8, 4) is 11.5 Å². The fraction of sp³-hybridized carbons (Fsp3) is 0.316. The maximum absolute atomic E-state index is 12.5. The van der Waals surface area contributed by atoms with Crippen molar-refractivity contribution in [2.45, 2.75) is 12.6 Å². The minimum Gasteiger partial charge on any atom is -0.486 e. The zero-order valence-corrected chi connectivity index (χ0v) is 16.9. The lowest BCUT2D eigenvalue weighted by Crippen LogP contribution is -2.37. The molecule has 0 saturated carbocycles. The van der Waals surface area contributed by atoms with E-state index in [2.05, 4.69) is 21.2 Å². The third-order valence-corrected chi connectivity index (χ3v) is 5.24. The fourth-order valence-corrected chi connectivity index (χ4v) is 3.55. The molecule has 1 N–H and O–H groups in total. The van der Waals surface area contributed by atoms with Gasteiger partial charge in [-0.05, 0) is 42.4 Å². The number of fused-ring (bicyclic) bond motifs is 1. The van der Waals surface area contributed by atoms with E-state index in [1.165, 1.54) is 0 Å². The number of carbonyl (C=O) groups excluding carboxylic acids is 1. The summed E-state index contributed by atoms with van der Waals surface area (Å²) in [5.74, 6) is 1.38. The van der Waals surface area contributed by atoms with E-state index in [0.29, 0.717) is 24.8 Å². The normalized spacial score (nSPS) is 14.2. The summed E-state index contributed by atoms with van der Waals surface area (Å²) >= 11 is 9.57. The summed E-state index contributed by atoms with van der Waals surface area (Å²) in [6, 6.07) is 10.8. The fourth-order valence-electron chi connectivity index (χ4n) is 2.98. The van der Waals surface area contributed by atoms with Crippen molar-refractivity contribution in [2.24, 2.45) is 0 Å². The van der Waals surface area contributed by atoms with E-state index in [1.807, 2.05) is 36.2 Å². The summed E-state index contributed by atoms with van der Waals surface area (Å²) < 4.78 is 12.2. The molecule has 0 saturated heterocycles. The molecule has 0 unspecified atom stereocenters. The minimum absolute atomic E-state index is 0.0801. The van der Waals surface area contributed by atoms with Crippen LogP contribution in [0.4, 0.5) is 0 Å². The highest BCUT2D eigenvalue weighted by molar-refractivity contribution is 9.10. The number of nitrogens with zero attached hydrogens (tertiary/aromatic N) is 1. The van der Waals surface area contributed by atoms with Gasteiger partial charge < -0.3 is 14.8 Å². The van der Waals surface area contributed by atoms with Crippen molar-refractivity contribution in [1.29, 1.82) is 0 Å². The standard InChI is InChI=1S/C19H20BrClN2O3/c1-22-19(24)18(12-3-5-14(21)6-4-12)23(2)11-13-9-16-17(10-15(13)20)26-8-7-25-16/h3-6,9-10,18H,7-8,11H2,1-2H3,(H,22,24)/t18-/m1/s1. The molecule has 0 aromatic heterocycles. The lowest BCUT2D eigenvalue weighted by molar-refractivity contribution is -0.125. The topological polar surface area (TPSA) is 50.8 Å². The Morgan fingerprint density at radius 1 is 1.23 bits per heavy atom. The first kappa shape index (κ1) is 19.0. The molecule has 2 aromatic rings. The molecule has 1 atom stereocenters. The second-order valence-corrected chi connectivity index (χ2v) is 7.36. The number of halogens is 2. The first-order chi connectivity index (χ1) is 12.5. The molecule has 5 nitrogen and oxygen atoms in total. The van der Waals surface area contributed by atoms with Crippen molar-refractivity contribution in [1.82, 2.24) is 10.2 Å². The van der Waals surface area contributed by atoms with Gasteiger partial charge in [-0.15, -0.1) is 0 Å². The van der Waals surface area contributed by atoms with Gasteiger partial charge in [0, 0.05) is 23.1 Å². The molecule has 26 heavy (non-hydrogen) atoms. The van der Waals surface area contributed by atoms with Gasteiger partial charge in [-0.25, -0.2) is 0 Å². The Bertz CT molecular complexity index is 798. The molecule has 138 valence electrons. The zero-order valence-electron chi connectivity index (χ0n) is 14.6. The Labute approximate surface area is 166 Å². The Kier molecular flexibility index (Phi) is 6.06. The molecule has 1 amide bonds. The lowest BCUT2D eigenvalue weighted by atomic mass is 10.0. The van der Waals surface area contributed by atoms with Crippen LogP contribution in [0, 0.1) is 0 Å². The van der Waals surface area contributed by atoms with Crippen LogP contribution in [0.1, 0.15) is 17.2 Å². The lowest BCUT2D eigenvalue weighted by Gasteiger charge is -2.28. The summed E-state index contributed by atoms with van der Waals surface area (Å²) in [4.78, 5) is 14.5. The van der Waals surface area contributed by atoms with Crippen LogP contribution in [0.15, 0.2) is 40.9 Å². The predicted octanol–water partition coefficient (Wildman–Crippen LogP) is 3.79. The van der Waals surface area contributed by atoms with Crippen molar-refractivity contribution in [3.05, 3.63) is 57.0 Å². The van der Waals surface area contributed by atoms with Gasteiger partial charge in [0.15, 0.2) is 11.5 Å². The number of nitrogens with one attached hydrogen (secondary N) is 1. The van der Waals surface area contributed by atoms with E-state index in [1.54, 1.807) is 19.2 Å². The molecule has 3 rings (SSSR count). The Hall–Kier alpha value is -1.76. The molecule has 2 aromatic carbocycles. The van der Waals surface area contributed by atoms with Gasteiger partial charge in [-0.1, -0.05) is 39.7 Å². The third kappa shape index (κ3) is 4.14. The van der Waals surface area contributed by atoms with Gasteiger partial charge in [0.05, 0.1) is 0 Å². The quantitative estimate of drug-likeness (QED) is 0.770. The largest absolute Gasteiger partial charge is 0.486 e. The van der Waals surface area contributed by atoms with Crippen LogP contribution in [0.5, 0.6) is 11.5 Å². The van der Waals surface area contributed by atoms with E-state index in [0.717, 1.165) is 27.1 Å². The summed E-state index contributed by atoms with van der Waals surface area (Å²) in [5, 5.41) is 3.38. The highest BCUT2D eigenvalue weighted by Crippen LogP contribution is 2.36. The average Bonchev–Trinajstić information content (AvgIpc) is 2.64. The van der Waals surface area contributed by atoms with Crippen LogP contribution < -0.4 is 14.8 Å². The first-order valence-electron chi connectivity index (χ1n) is 8.25. The monoisotopic (exact) mass is 438 g/mol. The molecule has 0 fully saturated rings. The van der Waals surface area contributed by atoms with Crippen LogP contribution >= 0.6 is 27.5 Å². The molecule has 1 heterocycles. The number of amides is 1. The maximum Gasteiger partial charge on any atom is 0.241 e. The Morgan fingerprint density at radius 3 is 2.46 bits per heavy atom. The molecule has 0 aliphatic carbocycles. The number of benzene rings is 2. The van der Waals surface area contributed by atoms with Crippen molar-refractivity contribution in [2.75, 3.05) is 27.3 Å². The van der Waals surface area contributed by atoms with Crippen molar-refractivity contribution < 1.29 is 14.3 Å². The summed E-state index contributed by atoms with van der Waals surface area (Å²) in [7, 11) is 3.55. The second kappa shape index (κ2) is 8.29. The van der Waals surface area contributed by atoms with E-state index in [9.17, 15) is 4.79 Å². The van der Waals surface area contributed by atoms with Crippen LogP contribution in [-0.4, -0.2) is 38.1 Å². The van der Waals surface area contributed by atoms with Gasteiger partial charge in [0.2, 0.25) is 5.91 Å². The summed E-state index contributed by atoms with van der Waals surface area (Å²) in [6.45, 7) is 1.64. The smallest absolute Gasteiger partial charge is 0.241 e. The minimum atomic E-state index is -0.433. The van der Waals surface area contributed by atoms with Gasteiger partial charge in [0.25, 0.3) is 0 Å². The SMILES string of the molecule is CNC(=O)[C@@H](c1ccc(Cl)cc1)N(C)Cc1cc2c(cc1Br)OCCO2. The van der Waals surface area contributed by atoms with Crippen LogP contribution in [0.2, 0.25) is 5.02 Å². The van der Waals surface area contributed by atoms with Crippen LogP contribution in [0.25, 0.3) is 0 Å². The number of hydrogen-bond donors (Lipinski definition) is 1. The van der Waals surface area contributed by atoms with Gasteiger partial charge >= 0.3 is 0 Å². The summed E-state index contributed by atoms with van der Waals surface area (Å²) in [5.41, 5.74) is 1.89.